The minimum Gasteiger partial charge on any atom is -0.614 e. The highest BCUT2D eigenvalue weighted by Crippen LogP contribution is 2.31. The van der Waals surface area contributed by atoms with Crippen LogP contribution in [0.3, 0.4) is 0 Å². The second kappa shape index (κ2) is 5.69. The second-order valence-electron chi connectivity index (χ2n) is 6.02. The smallest absolute Gasteiger partial charge is 0.215 e. The van der Waals surface area contributed by atoms with Crippen molar-refractivity contribution >= 4 is 22.7 Å². The lowest BCUT2D eigenvalue weighted by molar-refractivity contribution is 0.243. The van der Waals surface area contributed by atoms with Crippen molar-refractivity contribution in [3.05, 3.63) is 47.0 Å². The number of rotatable bonds is 2. The molecule has 3 aliphatic heterocycles. The van der Waals surface area contributed by atoms with E-state index >= 15 is 0 Å². The third kappa shape index (κ3) is 2.37. The van der Waals surface area contributed by atoms with Crippen molar-refractivity contribution in [2.75, 3.05) is 25.5 Å². The van der Waals surface area contributed by atoms with Gasteiger partial charge < -0.3 is 4.55 Å². The van der Waals surface area contributed by atoms with Crippen LogP contribution in [-0.4, -0.2) is 56.9 Å². The number of aliphatic imine (C=N–C) groups is 1. The summed E-state index contributed by atoms with van der Waals surface area (Å²) in [5.74, 6) is 1.50. The molecule has 3 heterocycles. The van der Waals surface area contributed by atoms with Crippen LogP contribution in [0.25, 0.3) is 0 Å². The number of hydrogen-bond acceptors (Lipinski definition) is 5. The Kier molecular flexibility index (Phi) is 3.66. The molecule has 0 bridgehead atoms. The molecule has 3 aliphatic rings. The van der Waals surface area contributed by atoms with Crippen molar-refractivity contribution in [3.8, 4) is 0 Å². The first-order valence-corrected chi connectivity index (χ1v) is 9.34. The lowest BCUT2D eigenvalue weighted by atomic mass is 10.0. The molecule has 0 amide bonds. The number of hydrogen-bond donors (Lipinski definition) is 0. The zero-order chi connectivity index (χ0) is 16.0. The summed E-state index contributed by atoms with van der Waals surface area (Å²) in [5.41, 5.74) is 4.38. The summed E-state index contributed by atoms with van der Waals surface area (Å²) in [6.07, 6.45) is 2.09. The van der Waals surface area contributed by atoms with Gasteiger partial charge in [-0.05, 0) is 36.7 Å². The normalized spacial score (nSPS) is 26.3. The summed E-state index contributed by atoms with van der Waals surface area (Å²) in [4.78, 5) is 7.03. The van der Waals surface area contributed by atoms with Crippen molar-refractivity contribution in [2.24, 2.45) is 10.1 Å². The molecule has 0 N–H and O–H groups in total. The summed E-state index contributed by atoms with van der Waals surface area (Å²) in [6.45, 7) is 6.31. The molecular formula is C17H20N4OS. The molecule has 0 fully saturated rings. The van der Waals surface area contributed by atoms with Crippen molar-refractivity contribution in [2.45, 2.75) is 19.2 Å². The van der Waals surface area contributed by atoms with Crippen LogP contribution >= 0.6 is 0 Å². The summed E-state index contributed by atoms with van der Waals surface area (Å²) in [7, 11) is 0. The Morgan fingerprint density at radius 1 is 1.35 bits per heavy atom. The Labute approximate surface area is 139 Å². The van der Waals surface area contributed by atoms with Gasteiger partial charge >= 0.3 is 0 Å². The minimum atomic E-state index is -0.902. The Bertz CT molecular complexity index is 727. The molecular weight excluding hydrogens is 308 g/mol. The molecule has 5 nitrogen and oxygen atoms in total. The van der Waals surface area contributed by atoms with Crippen LogP contribution < -0.4 is 0 Å². The molecule has 6 heteroatoms. The fourth-order valence-corrected chi connectivity index (χ4v) is 4.84. The van der Waals surface area contributed by atoms with E-state index in [-0.39, 0.29) is 5.37 Å². The van der Waals surface area contributed by atoms with Crippen LogP contribution in [0.15, 0.2) is 46.0 Å². The van der Waals surface area contributed by atoms with Crippen molar-refractivity contribution in [1.82, 2.24) is 9.91 Å². The maximum Gasteiger partial charge on any atom is 0.215 e. The lowest BCUT2D eigenvalue weighted by Gasteiger charge is -2.28. The summed E-state index contributed by atoms with van der Waals surface area (Å²) in [6, 6.07) is 8.26. The van der Waals surface area contributed by atoms with Gasteiger partial charge in [0.1, 0.15) is 18.1 Å². The molecule has 4 rings (SSSR count). The van der Waals surface area contributed by atoms with Gasteiger partial charge in [0.05, 0.1) is 6.54 Å². The molecule has 23 heavy (non-hydrogen) atoms. The van der Waals surface area contributed by atoms with Crippen molar-refractivity contribution in [1.29, 1.82) is 0 Å². The molecule has 0 aromatic heterocycles. The van der Waals surface area contributed by atoms with Crippen LogP contribution in [0, 0.1) is 6.92 Å². The highest BCUT2D eigenvalue weighted by molar-refractivity contribution is 7.92. The quantitative estimate of drug-likeness (QED) is 0.613. The van der Waals surface area contributed by atoms with E-state index in [0.717, 1.165) is 29.2 Å². The van der Waals surface area contributed by atoms with Crippen molar-refractivity contribution < 1.29 is 4.55 Å². The zero-order valence-electron chi connectivity index (χ0n) is 13.4. The third-order valence-corrected chi connectivity index (χ3v) is 6.13. The molecule has 0 aliphatic carbocycles. The standard InChI is InChI=1S/C17H20N4OS/c1-3-20-11-21-16(19-20)15(14-7-5-4-6-12(14)2)18-10-13-8-9-23(22)17(13)21/h4-8,17H,3,9-11H2,1-2H3. The van der Waals surface area contributed by atoms with Gasteiger partial charge in [-0.3, -0.25) is 14.9 Å². The number of benzene rings is 1. The van der Waals surface area contributed by atoms with Crippen LogP contribution in [0.1, 0.15) is 18.1 Å². The van der Waals surface area contributed by atoms with Gasteiger partial charge in [-0.15, -0.1) is 0 Å². The Morgan fingerprint density at radius 2 is 2.17 bits per heavy atom. The van der Waals surface area contributed by atoms with Crippen molar-refractivity contribution in [3.63, 3.8) is 0 Å². The summed E-state index contributed by atoms with van der Waals surface area (Å²) in [5, 5.41) is 6.71. The van der Waals surface area contributed by atoms with Gasteiger partial charge in [0.2, 0.25) is 5.37 Å². The first-order valence-electron chi connectivity index (χ1n) is 7.96. The lowest BCUT2D eigenvalue weighted by Crippen LogP contribution is -2.45. The van der Waals surface area contributed by atoms with E-state index in [2.05, 4.69) is 37.0 Å². The van der Waals surface area contributed by atoms with Crippen LogP contribution in [0.5, 0.6) is 0 Å². The van der Waals surface area contributed by atoms with Gasteiger partial charge in [0.25, 0.3) is 0 Å². The first-order chi connectivity index (χ1) is 11.2. The molecule has 0 saturated carbocycles. The van der Waals surface area contributed by atoms with Crippen LogP contribution in [0.2, 0.25) is 0 Å². The molecule has 120 valence electrons. The maximum absolute atomic E-state index is 12.5. The van der Waals surface area contributed by atoms with Gasteiger partial charge in [-0.25, -0.2) is 0 Å². The number of nitrogens with zero attached hydrogens (tertiary/aromatic N) is 4. The first kappa shape index (κ1) is 14.8. The van der Waals surface area contributed by atoms with Gasteiger partial charge in [0, 0.05) is 17.7 Å². The highest BCUT2D eigenvalue weighted by atomic mass is 32.2. The van der Waals surface area contributed by atoms with E-state index in [1.165, 1.54) is 5.56 Å². The molecule has 2 unspecified atom stereocenters. The zero-order valence-corrected chi connectivity index (χ0v) is 14.2. The Balaban J connectivity index is 1.83. The second-order valence-corrected chi connectivity index (χ2v) is 7.56. The minimum absolute atomic E-state index is 0.0735. The van der Waals surface area contributed by atoms with E-state index in [1.807, 2.05) is 17.1 Å². The number of aryl methyl sites for hydroxylation is 1. The van der Waals surface area contributed by atoms with E-state index in [1.54, 1.807) is 0 Å². The predicted molar refractivity (Wildman–Crippen MR) is 94.0 cm³/mol. The van der Waals surface area contributed by atoms with E-state index in [4.69, 9.17) is 10.1 Å². The highest BCUT2D eigenvalue weighted by Gasteiger charge is 2.44. The molecule has 0 spiro atoms. The third-order valence-electron chi connectivity index (χ3n) is 4.58. The molecule has 0 radical (unpaired) electrons. The number of amidine groups is 1. The average Bonchev–Trinajstić information content (AvgIpc) is 3.09. The fourth-order valence-electron chi connectivity index (χ4n) is 3.33. The van der Waals surface area contributed by atoms with E-state index in [9.17, 15) is 4.55 Å². The SMILES string of the molecule is CCN1CN2C(=N1)C(c1ccccc1C)=NCC1=CC[S+]([O-])C12. The molecule has 2 atom stereocenters. The van der Waals surface area contributed by atoms with Crippen LogP contribution in [0.4, 0.5) is 0 Å². The summed E-state index contributed by atoms with van der Waals surface area (Å²) >= 11 is -0.902. The van der Waals surface area contributed by atoms with Gasteiger partial charge in [-0.1, -0.05) is 24.3 Å². The average molecular weight is 328 g/mol. The topological polar surface area (TPSA) is 54.3 Å². The number of hydrazone groups is 1. The Morgan fingerprint density at radius 3 is 2.96 bits per heavy atom. The summed E-state index contributed by atoms with van der Waals surface area (Å²) < 4.78 is 12.5. The van der Waals surface area contributed by atoms with Crippen LogP contribution in [-0.2, 0) is 11.2 Å². The van der Waals surface area contributed by atoms with Gasteiger partial charge in [0.15, 0.2) is 5.84 Å². The fraction of sp³-hybridized carbons (Fsp3) is 0.412. The monoisotopic (exact) mass is 328 g/mol. The molecule has 1 aromatic carbocycles. The predicted octanol–water partition coefficient (Wildman–Crippen LogP) is 1.72. The van der Waals surface area contributed by atoms with E-state index < -0.39 is 11.2 Å². The Hall–Kier alpha value is -1.79. The maximum atomic E-state index is 12.5. The van der Waals surface area contributed by atoms with E-state index in [0.29, 0.717) is 19.0 Å². The largest absolute Gasteiger partial charge is 0.614 e. The molecule has 0 saturated heterocycles. The van der Waals surface area contributed by atoms with Gasteiger partial charge in [-0.2, -0.15) is 5.10 Å². The molecule has 1 aromatic rings. The number of fused-ring (bicyclic) bond motifs is 3.